The van der Waals surface area contributed by atoms with Crippen molar-refractivity contribution in [1.29, 1.82) is 0 Å². The summed E-state index contributed by atoms with van der Waals surface area (Å²) in [5.41, 5.74) is 2.56. The number of sulfonamides is 1. The van der Waals surface area contributed by atoms with E-state index in [1.165, 1.54) is 24.1 Å². The summed E-state index contributed by atoms with van der Waals surface area (Å²) in [5, 5.41) is 4.38. The van der Waals surface area contributed by atoms with Crippen molar-refractivity contribution in [2.75, 3.05) is 6.54 Å². The van der Waals surface area contributed by atoms with Gasteiger partial charge in [-0.05, 0) is 59.3 Å². The predicted molar refractivity (Wildman–Crippen MR) is 88.2 cm³/mol. The van der Waals surface area contributed by atoms with Crippen molar-refractivity contribution >= 4 is 26.0 Å². The lowest BCUT2D eigenvalue weighted by atomic mass is 9.98. The molecule has 0 atom stereocenters. The van der Waals surface area contributed by atoms with E-state index in [9.17, 15) is 8.42 Å². The summed E-state index contributed by atoms with van der Waals surface area (Å²) in [4.78, 5) is 0.262. The molecule has 0 fully saturated rings. The molecule has 3 rings (SSSR count). The number of rotatable bonds is 5. The van der Waals surface area contributed by atoms with Crippen LogP contribution in [0, 0.1) is 0 Å². The van der Waals surface area contributed by atoms with Gasteiger partial charge >= 0.3 is 0 Å². The number of benzene rings is 1. The fraction of sp³-hybridized carbons (Fsp3) is 0.400. The zero-order valence-electron chi connectivity index (χ0n) is 12.1. The third kappa shape index (κ3) is 3.26. The number of nitrogens with zero attached hydrogens (tertiary/aromatic N) is 2. The molecule has 0 aliphatic heterocycles. The average Bonchev–Trinajstić information content (AvgIpc) is 2.91. The topological polar surface area (TPSA) is 64.0 Å². The number of aryl methyl sites for hydroxylation is 1. The van der Waals surface area contributed by atoms with E-state index in [-0.39, 0.29) is 4.90 Å². The van der Waals surface area contributed by atoms with Gasteiger partial charge in [-0.2, -0.15) is 5.10 Å². The van der Waals surface area contributed by atoms with E-state index in [1.54, 1.807) is 24.3 Å². The molecule has 2 aromatic rings. The van der Waals surface area contributed by atoms with Gasteiger partial charge in [0.2, 0.25) is 10.0 Å². The first kappa shape index (κ1) is 15.7. The zero-order chi connectivity index (χ0) is 15.6. The summed E-state index contributed by atoms with van der Waals surface area (Å²) in [5.74, 6) is 0. The normalized spacial score (nSPS) is 14.8. The summed E-state index contributed by atoms with van der Waals surface area (Å²) < 4.78 is 29.7. The van der Waals surface area contributed by atoms with E-state index in [0.717, 1.165) is 12.8 Å². The molecular weight excluding hydrogens is 366 g/mol. The maximum Gasteiger partial charge on any atom is 0.241 e. The molecule has 7 heteroatoms. The maximum atomic E-state index is 12.3. The minimum atomic E-state index is -3.50. The Morgan fingerprint density at radius 2 is 2.00 bits per heavy atom. The van der Waals surface area contributed by atoms with Crippen LogP contribution in [0.3, 0.4) is 0 Å². The van der Waals surface area contributed by atoms with Gasteiger partial charge in [0.1, 0.15) is 0 Å². The number of hydrogen-bond acceptors (Lipinski definition) is 3. The summed E-state index contributed by atoms with van der Waals surface area (Å²) in [6, 6.07) is 6.81. The number of hydrogen-bond donors (Lipinski definition) is 1. The maximum absolute atomic E-state index is 12.3. The SMILES string of the molecule is O=S(=O)(NCCn1ncc2c1CCCC2)c1ccccc1Br. The zero-order valence-corrected chi connectivity index (χ0v) is 14.5. The van der Waals surface area contributed by atoms with Crippen molar-refractivity contribution in [3.63, 3.8) is 0 Å². The largest absolute Gasteiger partial charge is 0.268 e. The van der Waals surface area contributed by atoms with Crippen LogP contribution in [-0.4, -0.2) is 24.7 Å². The Labute approximate surface area is 138 Å². The first-order valence-corrected chi connectivity index (χ1v) is 9.63. The van der Waals surface area contributed by atoms with Gasteiger partial charge in [0.25, 0.3) is 0 Å². The Hall–Kier alpha value is -1.18. The van der Waals surface area contributed by atoms with E-state index in [2.05, 4.69) is 25.8 Å². The van der Waals surface area contributed by atoms with Crippen LogP contribution in [0.1, 0.15) is 24.1 Å². The summed E-state index contributed by atoms with van der Waals surface area (Å²) in [6.45, 7) is 0.886. The standard InChI is InChI=1S/C15H18BrN3O2S/c16-13-6-2-4-8-15(13)22(20,21)18-9-10-19-14-7-3-1-5-12(14)11-17-19/h2,4,6,8,11,18H,1,3,5,7,9-10H2. The highest BCUT2D eigenvalue weighted by molar-refractivity contribution is 9.10. The van der Waals surface area contributed by atoms with E-state index in [1.807, 2.05) is 10.9 Å². The van der Waals surface area contributed by atoms with E-state index in [0.29, 0.717) is 17.6 Å². The molecule has 1 N–H and O–H groups in total. The summed E-state index contributed by atoms with van der Waals surface area (Å²) >= 11 is 3.28. The van der Waals surface area contributed by atoms with Crippen LogP contribution < -0.4 is 4.72 Å². The van der Waals surface area contributed by atoms with Crippen molar-refractivity contribution in [2.24, 2.45) is 0 Å². The first-order chi connectivity index (χ1) is 10.6. The van der Waals surface area contributed by atoms with Gasteiger partial charge in [0.15, 0.2) is 0 Å². The van der Waals surface area contributed by atoms with E-state index >= 15 is 0 Å². The minimum absolute atomic E-state index is 0.262. The quantitative estimate of drug-likeness (QED) is 0.862. The summed E-state index contributed by atoms with van der Waals surface area (Å²) in [7, 11) is -3.50. The Morgan fingerprint density at radius 1 is 1.23 bits per heavy atom. The summed E-state index contributed by atoms with van der Waals surface area (Å²) in [6.07, 6.45) is 6.43. The van der Waals surface area contributed by atoms with E-state index in [4.69, 9.17) is 0 Å². The van der Waals surface area contributed by atoms with Crippen LogP contribution in [0.15, 0.2) is 39.8 Å². The molecule has 0 spiro atoms. The first-order valence-electron chi connectivity index (χ1n) is 7.36. The Kier molecular flexibility index (Phi) is 4.65. The van der Waals surface area contributed by atoms with Crippen molar-refractivity contribution in [3.8, 4) is 0 Å². The molecular formula is C15H18BrN3O2S. The number of halogens is 1. The molecule has 1 aliphatic carbocycles. The fourth-order valence-corrected chi connectivity index (χ4v) is 4.80. The van der Waals surface area contributed by atoms with Gasteiger partial charge in [0, 0.05) is 16.7 Å². The highest BCUT2D eigenvalue weighted by Crippen LogP contribution is 2.22. The molecule has 0 radical (unpaired) electrons. The lowest BCUT2D eigenvalue weighted by Gasteiger charge is -2.14. The van der Waals surface area contributed by atoms with Gasteiger partial charge < -0.3 is 0 Å². The van der Waals surface area contributed by atoms with Gasteiger partial charge in [-0.3, -0.25) is 4.68 Å². The van der Waals surface area contributed by atoms with Crippen molar-refractivity contribution < 1.29 is 8.42 Å². The molecule has 1 aromatic carbocycles. The Balaban J connectivity index is 1.66. The lowest BCUT2D eigenvalue weighted by molar-refractivity contribution is 0.538. The molecule has 0 unspecified atom stereocenters. The van der Waals surface area contributed by atoms with Crippen LogP contribution in [-0.2, 0) is 29.4 Å². The van der Waals surface area contributed by atoms with Crippen LogP contribution in [0.2, 0.25) is 0 Å². The van der Waals surface area contributed by atoms with Gasteiger partial charge in [-0.15, -0.1) is 0 Å². The average molecular weight is 384 g/mol. The van der Waals surface area contributed by atoms with E-state index < -0.39 is 10.0 Å². The third-order valence-electron chi connectivity index (χ3n) is 3.89. The second kappa shape index (κ2) is 6.52. The molecule has 0 saturated heterocycles. The molecule has 0 bridgehead atoms. The third-order valence-corrected chi connectivity index (χ3v) is 6.36. The highest BCUT2D eigenvalue weighted by atomic mass is 79.9. The van der Waals surface area contributed by atoms with Crippen LogP contribution >= 0.6 is 15.9 Å². The molecule has 1 aromatic heterocycles. The Morgan fingerprint density at radius 3 is 2.82 bits per heavy atom. The highest BCUT2D eigenvalue weighted by Gasteiger charge is 2.18. The number of fused-ring (bicyclic) bond motifs is 1. The smallest absolute Gasteiger partial charge is 0.241 e. The second-order valence-electron chi connectivity index (χ2n) is 5.37. The Bertz CT molecular complexity index is 771. The molecule has 1 aliphatic rings. The lowest BCUT2D eigenvalue weighted by Crippen LogP contribution is -2.28. The van der Waals surface area contributed by atoms with Crippen LogP contribution in [0.4, 0.5) is 0 Å². The molecule has 1 heterocycles. The molecule has 0 amide bonds. The minimum Gasteiger partial charge on any atom is -0.268 e. The van der Waals surface area contributed by atoms with Gasteiger partial charge in [-0.1, -0.05) is 12.1 Å². The van der Waals surface area contributed by atoms with Crippen LogP contribution in [0.25, 0.3) is 0 Å². The van der Waals surface area contributed by atoms with Crippen LogP contribution in [0.5, 0.6) is 0 Å². The molecule has 118 valence electrons. The molecule has 22 heavy (non-hydrogen) atoms. The van der Waals surface area contributed by atoms with Crippen molar-refractivity contribution in [2.45, 2.75) is 37.1 Å². The predicted octanol–water partition coefficient (Wildman–Crippen LogP) is 2.50. The van der Waals surface area contributed by atoms with Gasteiger partial charge in [0.05, 0.1) is 17.6 Å². The van der Waals surface area contributed by atoms with Crippen molar-refractivity contribution in [3.05, 3.63) is 46.2 Å². The molecule has 5 nitrogen and oxygen atoms in total. The monoisotopic (exact) mass is 383 g/mol. The van der Waals surface area contributed by atoms with Crippen molar-refractivity contribution in [1.82, 2.24) is 14.5 Å². The molecule has 0 saturated carbocycles. The second-order valence-corrected chi connectivity index (χ2v) is 7.96. The van der Waals surface area contributed by atoms with Gasteiger partial charge in [-0.25, -0.2) is 13.1 Å². The number of nitrogens with one attached hydrogen (secondary N) is 1. The fourth-order valence-electron chi connectivity index (χ4n) is 2.77. The number of aromatic nitrogens is 2.